The van der Waals surface area contributed by atoms with Gasteiger partial charge in [-0.15, -0.1) is 0 Å². The fourth-order valence-electron chi connectivity index (χ4n) is 5.79. The first-order chi connectivity index (χ1) is 15.9. The van der Waals surface area contributed by atoms with Crippen molar-refractivity contribution in [3.8, 4) is 11.5 Å². The average molecular weight is 452 g/mol. The molecule has 1 N–H and O–H groups in total. The van der Waals surface area contributed by atoms with Crippen molar-refractivity contribution in [3.05, 3.63) is 59.2 Å². The van der Waals surface area contributed by atoms with E-state index in [0.717, 1.165) is 55.1 Å². The standard InChI is InChI=1S/C27H33NO5/c1-4-31-23-7-5-6-20-24-21(27(2,3)33-25(20)23)14-19-16-28(13-12-22(19)32-24)15-17-8-10-18(11-9-17)26(29)30/h5-11,19,21-22,24H,4,12-16H2,1-3H3,(H,29,30)/t19-,21-,22-,24+/m1/s1. The van der Waals surface area contributed by atoms with E-state index < -0.39 is 5.97 Å². The second-order valence-corrected chi connectivity index (χ2v) is 10.0. The van der Waals surface area contributed by atoms with Crippen molar-refractivity contribution in [2.45, 2.75) is 58.0 Å². The van der Waals surface area contributed by atoms with E-state index in [2.05, 4.69) is 24.8 Å². The Kier molecular flexibility index (Phi) is 5.83. The van der Waals surface area contributed by atoms with E-state index in [-0.39, 0.29) is 23.7 Å². The number of aromatic carboxylic acids is 1. The summed E-state index contributed by atoms with van der Waals surface area (Å²) in [6.07, 6.45) is 2.34. The second-order valence-electron chi connectivity index (χ2n) is 10.0. The number of piperidine rings is 1. The molecule has 3 aliphatic rings. The monoisotopic (exact) mass is 451 g/mol. The molecule has 2 aromatic carbocycles. The lowest BCUT2D eigenvalue weighted by molar-refractivity contribution is -0.188. The average Bonchev–Trinajstić information content (AvgIpc) is 2.79. The minimum atomic E-state index is -0.886. The van der Waals surface area contributed by atoms with Crippen LogP contribution in [-0.2, 0) is 11.3 Å². The number of hydrogen-bond donors (Lipinski definition) is 1. The Hall–Kier alpha value is -2.57. The number of para-hydroxylation sites is 1. The van der Waals surface area contributed by atoms with Crippen molar-refractivity contribution < 1.29 is 24.1 Å². The van der Waals surface area contributed by atoms with Crippen molar-refractivity contribution in [1.29, 1.82) is 0 Å². The summed E-state index contributed by atoms with van der Waals surface area (Å²) >= 11 is 0. The number of hydrogen-bond acceptors (Lipinski definition) is 5. The quantitative estimate of drug-likeness (QED) is 0.696. The zero-order valence-electron chi connectivity index (χ0n) is 19.6. The maximum absolute atomic E-state index is 11.1. The smallest absolute Gasteiger partial charge is 0.335 e. The van der Waals surface area contributed by atoms with Crippen LogP contribution in [0.5, 0.6) is 11.5 Å². The third kappa shape index (κ3) is 4.22. The van der Waals surface area contributed by atoms with Crippen molar-refractivity contribution in [2.75, 3.05) is 19.7 Å². The third-order valence-corrected chi connectivity index (χ3v) is 7.47. The summed E-state index contributed by atoms with van der Waals surface area (Å²) in [6, 6.07) is 13.4. The maximum Gasteiger partial charge on any atom is 0.335 e. The molecule has 0 spiro atoms. The fourth-order valence-corrected chi connectivity index (χ4v) is 5.79. The molecule has 0 aromatic heterocycles. The highest BCUT2D eigenvalue weighted by atomic mass is 16.5. The van der Waals surface area contributed by atoms with Crippen LogP contribution < -0.4 is 9.47 Å². The number of carbonyl (C=O) groups is 1. The second kappa shape index (κ2) is 8.65. The number of likely N-dealkylation sites (tertiary alicyclic amines) is 1. The molecule has 0 bridgehead atoms. The molecule has 6 heteroatoms. The van der Waals surface area contributed by atoms with Crippen LogP contribution in [0.1, 0.15) is 61.2 Å². The number of rotatable bonds is 5. The van der Waals surface area contributed by atoms with Crippen molar-refractivity contribution in [1.82, 2.24) is 4.90 Å². The predicted octanol–water partition coefficient (Wildman–Crippen LogP) is 4.92. The van der Waals surface area contributed by atoms with Crippen molar-refractivity contribution >= 4 is 5.97 Å². The first-order valence-corrected chi connectivity index (χ1v) is 12.0. The lowest BCUT2D eigenvalue weighted by Gasteiger charge is -2.53. The van der Waals surface area contributed by atoms with E-state index in [1.807, 2.05) is 31.2 Å². The molecule has 0 aliphatic carbocycles. The van der Waals surface area contributed by atoms with E-state index >= 15 is 0 Å². The van der Waals surface area contributed by atoms with Crippen LogP contribution in [0.3, 0.4) is 0 Å². The number of carboxylic acids is 1. The Balaban J connectivity index is 1.32. The molecule has 2 aromatic rings. The molecule has 3 aliphatic heterocycles. The van der Waals surface area contributed by atoms with Gasteiger partial charge < -0.3 is 19.3 Å². The van der Waals surface area contributed by atoms with Gasteiger partial charge in [0, 0.05) is 31.1 Å². The first kappa shape index (κ1) is 22.2. The zero-order valence-corrected chi connectivity index (χ0v) is 19.6. The molecule has 0 saturated carbocycles. The van der Waals surface area contributed by atoms with Crippen LogP contribution in [0.4, 0.5) is 0 Å². The highest BCUT2D eigenvalue weighted by Gasteiger charge is 2.51. The Bertz CT molecular complexity index is 1020. The molecular formula is C27H33NO5. The van der Waals surface area contributed by atoms with E-state index in [1.54, 1.807) is 12.1 Å². The van der Waals surface area contributed by atoms with Gasteiger partial charge in [0.2, 0.25) is 0 Å². The Labute approximate surface area is 195 Å². The van der Waals surface area contributed by atoms with Gasteiger partial charge in [-0.2, -0.15) is 0 Å². The number of ether oxygens (including phenoxy) is 3. The van der Waals surface area contributed by atoms with Gasteiger partial charge >= 0.3 is 5.97 Å². The van der Waals surface area contributed by atoms with Gasteiger partial charge in [0.15, 0.2) is 11.5 Å². The molecule has 176 valence electrons. The van der Waals surface area contributed by atoms with Crippen LogP contribution >= 0.6 is 0 Å². The highest BCUT2D eigenvalue weighted by molar-refractivity contribution is 5.87. The van der Waals surface area contributed by atoms with Crippen LogP contribution in [0.25, 0.3) is 0 Å². The number of carboxylic acid groups (broad SMARTS) is 1. The molecule has 0 radical (unpaired) electrons. The summed E-state index contributed by atoms with van der Waals surface area (Å²) in [5.74, 6) is 1.49. The minimum Gasteiger partial charge on any atom is -0.490 e. The molecule has 5 rings (SSSR count). The molecule has 3 heterocycles. The van der Waals surface area contributed by atoms with Crippen LogP contribution in [0.15, 0.2) is 42.5 Å². The van der Waals surface area contributed by atoms with Gasteiger partial charge in [0.05, 0.1) is 24.4 Å². The summed E-state index contributed by atoms with van der Waals surface area (Å²) in [5.41, 5.74) is 2.25. The number of fused-ring (bicyclic) bond motifs is 4. The maximum atomic E-state index is 11.1. The molecular weight excluding hydrogens is 418 g/mol. The van der Waals surface area contributed by atoms with Crippen LogP contribution in [0.2, 0.25) is 0 Å². The predicted molar refractivity (Wildman–Crippen MR) is 125 cm³/mol. The molecule has 2 saturated heterocycles. The number of benzene rings is 2. The van der Waals surface area contributed by atoms with Gasteiger partial charge in [-0.1, -0.05) is 24.3 Å². The minimum absolute atomic E-state index is 0.0283. The summed E-state index contributed by atoms with van der Waals surface area (Å²) in [7, 11) is 0. The zero-order chi connectivity index (χ0) is 23.2. The van der Waals surface area contributed by atoms with Crippen LogP contribution in [-0.4, -0.2) is 47.4 Å². The van der Waals surface area contributed by atoms with Gasteiger partial charge in [0.25, 0.3) is 0 Å². The lowest BCUT2D eigenvalue weighted by Crippen LogP contribution is -2.55. The van der Waals surface area contributed by atoms with Gasteiger partial charge in [-0.3, -0.25) is 4.90 Å². The van der Waals surface area contributed by atoms with Crippen molar-refractivity contribution in [2.24, 2.45) is 11.8 Å². The van der Waals surface area contributed by atoms with Gasteiger partial charge in [0.1, 0.15) is 5.60 Å². The number of nitrogens with zero attached hydrogens (tertiary/aromatic N) is 1. The van der Waals surface area contributed by atoms with Gasteiger partial charge in [-0.05, 0) is 63.3 Å². The van der Waals surface area contributed by atoms with E-state index in [9.17, 15) is 4.79 Å². The van der Waals surface area contributed by atoms with E-state index in [4.69, 9.17) is 19.3 Å². The third-order valence-electron chi connectivity index (χ3n) is 7.47. The summed E-state index contributed by atoms with van der Waals surface area (Å²) in [5, 5.41) is 9.13. The fraction of sp³-hybridized carbons (Fsp3) is 0.519. The molecule has 6 nitrogen and oxygen atoms in total. The topological polar surface area (TPSA) is 68.2 Å². The van der Waals surface area contributed by atoms with E-state index in [0.29, 0.717) is 18.1 Å². The Morgan fingerprint density at radius 1 is 1.21 bits per heavy atom. The van der Waals surface area contributed by atoms with Crippen LogP contribution in [0, 0.1) is 11.8 Å². The highest BCUT2D eigenvalue weighted by Crippen LogP contribution is 2.55. The first-order valence-electron chi connectivity index (χ1n) is 12.0. The SMILES string of the molecule is CCOc1cccc2c1OC(C)(C)[C@@H]1C[C@@H]3CN(Cc4ccc(C(=O)O)cc4)CC[C@H]3O[C@@H]21. The molecule has 4 atom stereocenters. The normalized spacial score (nSPS) is 28.1. The molecule has 0 unspecified atom stereocenters. The molecule has 2 fully saturated rings. The lowest BCUT2D eigenvalue weighted by atomic mass is 9.70. The molecule has 33 heavy (non-hydrogen) atoms. The Morgan fingerprint density at radius 2 is 2.00 bits per heavy atom. The largest absolute Gasteiger partial charge is 0.490 e. The van der Waals surface area contributed by atoms with E-state index in [1.165, 1.54) is 0 Å². The summed E-state index contributed by atoms with van der Waals surface area (Å²) < 4.78 is 19.2. The van der Waals surface area contributed by atoms with Gasteiger partial charge in [-0.25, -0.2) is 4.79 Å². The summed E-state index contributed by atoms with van der Waals surface area (Å²) in [6.45, 7) is 9.73. The van der Waals surface area contributed by atoms with Crippen molar-refractivity contribution in [3.63, 3.8) is 0 Å². The summed E-state index contributed by atoms with van der Waals surface area (Å²) in [4.78, 5) is 13.6. The Morgan fingerprint density at radius 3 is 2.73 bits per heavy atom. The molecule has 0 amide bonds.